The molecule has 0 amide bonds. The molecule has 166 valence electrons. The molecule has 3 aromatic heterocycles. The Bertz CT molecular complexity index is 1120. The first-order chi connectivity index (χ1) is 15.7. The predicted molar refractivity (Wildman–Crippen MR) is 124 cm³/mol. The fourth-order valence-electron chi connectivity index (χ4n) is 3.69. The lowest BCUT2D eigenvalue weighted by molar-refractivity contribution is 0.526. The lowest BCUT2D eigenvalue weighted by Crippen LogP contribution is -2.07. The average molecular weight is 431 g/mol. The molecule has 0 aliphatic rings. The van der Waals surface area contributed by atoms with Crippen LogP contribution in [0.4, 0.5) is 0 Å². The summed E-state index contributed by atoms with van der Waals surface area (Å²) in [5.74, 6) is 2.91. The molecule has 0 bridgehead atoms. The molecule has 8 nitrogen and oxygen atoms in total. The van der Waals surface area contributed by atoms with Crippen LogP contribution in [0, 0.1) is 0 Å². The highest BCUT2D eigenvalue weighted by Crippen LogP contribution is 2.29. The molecule has 0 radical (unpaired) electrons. The molecule has 1 N–H and O–H groups in total. The van der Waals surface area contributed by atoms with Crippen molar-refractivity contribution in [3.8, 4) is 22.5 Å². The fourth-order valence-corrected chi connectivity index (χ4v) is 3.69. The summed E-state index contributed by atoms with van der Waals surface area (Å²) in [6, 6.07) is 10.5. The summed E-state index contributed by atoms with van der Waals surface area (Å²) < 4.78 is 2.11. The number of rotatable bonds is 10. The third-order valence-corrected chi connectivity index (χ3v) is 5.83. The Morgan fingerprint density at radius 1 is 1.03 bits per heavy atom. The van der Waals surface area contributed by atoms with Gasteiger partial charge < -0.3 is 0 Å². The highest BCUT2D eigenvalue weighted by molar-refractivity contribution is 5.79. The van der Waals surface area contributed by atoms with Gasteiger partial charge >= 0.3 is 0 Å². The van der Waals surface area contributed by atoms with E-state index in [1.54, 1.807) is 12.4 Å². The van der Waals surface area contributed by atoms with Crippen LogP contribution >= 0.6 is 0 Å². The number of tetrazole rings is 1. The van der Waals surface area contributed by atoms with Crippen molar-refractivity contribution in [1.82, 2.24) is 40.4 Å². The molecule has 0 saturated carbocycles. The first-order valence-corrected chi connectivity index (χ1v) is 11.4. The van der Waals surface area contributed by atoms with Crippen LogP contribution in [0.3, 0.4) is 0 Å². The van der Waals surface area contributed by atoms with Gasteiger partial charge in [-0.15, -0.1) is 10.2 Å². The van der Waals surface area contributed by atoms with Crippen molar-refractivity contribution in [2.45, 2.75) is 65.3 Å². The Morgan fingerprint density at radius 3 is 2.59 bits per heavy atom. The molecule has 32 heavy (non-hydrogen) atoms. The highest BCUT2D eigenvalue weighted by Gasteiger charge is 2.15. The second-order valence-electron chi connectivity index (χ2n) is 8.16. The van der Waals surface area contributed by atoms with Crippen molar-refractivity contribution in [3.05, 3.63) is 59.9 Å². The Balaban J connectivity index is 1.57. The van der Waals surface area contributed by atoms with Gasteiger partial charge in [-0.05, 0) is 40.8 Å². The van der Waals surface area contributed by atoms with Gasteiger partial charge in [0, 0.05) is 36.8 Å². The first kappa shape index (κ1) is 21.8. The van der Waals surface area contributed by atoms with E-state index in [0.29, 0.717) is 11.7 Å². The highest BCUT2D eigenvalue weighted by atomic mass is 15.5. The zero-order chi connectivity index (χ0) is 22.3. The van der Waals surface area contributed by atoms with Gasteiger partial charge in [0.1, 0.15) is 5.82 Å². The van der Waals surface area contributed by atoms with Crippen molar-refractivity contribution in [3.63, 3.8) is 0 Å². The van der Waals surface area contributed by atoms with E-state index < -0.39 is 0 Å². The molecule has 0 fully saturated rings. The van der Waals surface area contributed by atoms with E-state index in [2.05, 4.69) is 75.3 Å². The van der Waals surface area contributed by atoms with Crippen LogP contribution < -0.4 is 0 Å². The summed E-state index contributed by atoms with van der Waals surface area (Å²) in [5, 5.41) is 19.2. The normalized spacial score (nSPS) is 12.2. The van der Waals surface area contributed by atoms with Crippen LogP contribution in [-0.2, 0) is 13.0 Å². The van der Waals surface area contributed by atoms with E-state index in [1.807, 2.05) is 6.07 Å². The smallest absolute Gasteiger partial charge is 0.206 e. The Kier molecular flexibility index (Phi) is 6.99. The topological polar surface area (TPSA) is 98.1 Å². The lowest BCUT2D eigenvalue weighted by Gasteiger charge is -2.08. The van der Waals surface area contributed by atoms with Gasteiger partial charge in [-0.2, -0.15) is 10.3 Å². The van der Waals surface area contributed by atoms with Crippen molar-refractivity contribution >= 4 is 0 Å². The Labute approximate surface area is 188 Å². The van der Waals surface area contributed by atoms with Crippen molar-refractivity contribution in [1.29, 1.82) is 0 Å². The molecular formula is C24H30N8. The minimum atomic E-state index is 0.374. The first-order valence-electron chi connectivity index (χ1n) is 11.4. The largest absolute Gasteiger partial charge is 0.264 e. The molecule has 4 rings (SSSR count). The SMILES string of the molecule is CCCCCn1nc(C(C)CC)nc1Cc1ccc(-c2ccncc2-c2nn[nH]n2)cc1. The van der Waals surface area contributed by atoms with Gasteiger partial charge in [0.15, 0.2) is 5.82 Å². The van der Waals surface area contributed by atoms with Crippen LogP contribution in [0.25, 0.3) is 22.5 Å². The molecule has 3 heterocycles. The lowest BCUT2D eigenvalue weighted by atomic mass is 9.99. The maximum atomic E-state index is 4.90. The molecule has 0 aliphatic heterocycles. The van der Waals surface area contributed by atoms with Gasteiger partial charge in [0.05, 0.1) is 0 Å². The van der Waals surface area contributed by atoms with Crippen LogP contribution in [0.2, 0.25) is 0 Å². The number of H-pyrrole nitrogens is 1. The standard InChI is InChI=1S/C24H30N8/c1-4-6-7-14-32-22(26-23(29-32)17(3)5-2)15-18-8-10-19(11-9-18)20-12-13-25-16-21(20)24-27-30-31-28-24/h8-13,16-17H,4-7,14-15H2,1-3H3,(H,27,28,30,31). The summed E-state index contributed by atoms with van der Waals surface area (Å²) in [6.45, 7) is 7.53. The number of pyridine rings is 1. The number of nitrogens with one attached hydrogen (secondary N) is 1. The minimum absolute atomic E-state index is 0.374. The Morgan fingerprint density at radius 2 is 1.88 bits per heavy atom. The summed E-state index contributed by atoms with van der Waals surface area (Å²) in [4.78, 5) is 9.12. The zero-order valence-electron chi connectivity index (χ0n) is 19.0. The third kappa shape index (κ3) is 4.90. The van der Waals surface area contributed by atoms with Gasteiger partial charge in [-0.25, -0.2) is 9.67 Å². The number of benzene rings is 1. The quantitative estimate of drug-likeness (QED) is 0.362. The van der Waals surface area contributed by atoms with Crippen LogP contribution in [0.5, 0.6) is 0 Å². The molecule has 0 aliphatic carbocycles. The minimum Gasteiger partial charge on any atom is -0.264 e. The monoisotopic (exact) mass is 430 g/mol. The van der Waals surface area contributed by atoms with E-state index in [-0.39, 0.29) is 0 Å². The number of aryl methyl sites for hydroxylation is 1. The van der Waals surface area contributed by atoms with Crippen molar-refractivity contribution in [2.24, 2.45) is 0 Å². The second kappa shape index (κ2) is 10.3. The van der Waals surface area contributed by atoms with Gasteiger partial charge in [0.25, 0.3) is 0 Å². The fraction of sp³-hybridized carbons (Fsp3) is 0.417. The van der Waals surface area contributed by atoms with Crippen LogP contribution in [0.1, 0.15) is 69.6 Å². The number of hydrogen-bond acceptors (Lipinski definition) is 6. The van der Waals surface area contributed by atoms with E-state index in [4.69, 9.17) is 10.1 Å². The molecule has 1 unspecified atom stereocenters. The molecule has 1 aromatic carbocycles. The summed E-state index contributed by atoms with van der Waals surface area (Å²) >= 11 is 0. The Hall–Kier alpha value is -3.42. The maximum absolute atomic E-state index is 4.90. The van der Waals surface area contributed by atoms with E-state index >= 15 is 0 Å². The van der Waals surface area contributed by atoms with Gasteiger partial charge in [-0.1, -0.05) is 57.9 Å². The van der Waals surface area contributed by atoms with Gasteiger partial charge in [0.2, 0.25) is 5.82 Å². The number of unbranched alkanes of at least 4 members (excludes halogenated alkanes) is 2. The van der Waals surface area contributed by atoms with E-state index in [1.165, 1.54) is 18.4 Å². The molecule has 8 heteroatoms. The number of hydrogen-bond donors (Lipinski definition) is 1. The number of nitrogens with zero attached hydrogens (tertiary/aromatic N) is 7. The molecule has 0 saturated heterocycles. The zero-order valence-corrected chi connectivity index (χ0v) is 19.0. The summed E-state index contributed by atoms with van der Waals surface area (Å²) in [5.41, 5.74) is 4.17. The maximum Gasteiger partial charge on any atom is 0.206 e. The van der Waals surface area contributed by atoms with Crippen LogP contribution in [0.15, 0.2) is 42.7 Å². The second-order valence-corrected chi connectivity index (χ2v) is 8.16. The number of aromatic nitrogens is 8. The van der Waals surface area contributed by atoms with E-state index in [0.717, 1.165) is 54.1 Å². The molecule has 4 aromatic rings. The number of aromatic amines is 1. The van der Waals surface area contributed by atoms with Gasteiger partial charge in [-0.3, -0.25) is 4.98 Å². The van der Waals surface area contributed by atoms with Crippen LogP contribution in [-0.4, -0.2) is 40.4 Å². The van der Waals surface area contributed by atoms with E-state index in [9.17, 15) is 0 Å². The predicted octanol–water partition coefficient (Wildman–Crippen LogP) is 4.81. The van der Waals surface area contributed by atoms with Crippen molar-refractivity contribution in [2.75, 3.05) is 0 Å². The average Bonchev–Trinajstić information content (AvgIpc) is 3.50. The third-order valence-electron chi connectivity index (χ3n) is 5.83. The molecule has 1 atom stereocenters. The summed E-state index contributed by atoms with van der Waals surface area (Å²) in [6.07, 6.45) is 8.90. The molecular weight excluding hydrogens is 400 g/mol. The summed E-state index contributed by atoms with van der Waals surface area (Å²) in [7, 11) is 0. The molecule has 0 spiro atoms. The van der Waals surface area contributed by atoms with Crippen molar-refractivity contribution < 1.29 is 0 Å².